The molecule has 2 N–H and O–H groups in total. The summed E-state index contributed by atoms with van der Waals surface area (Å²) < 4.78 is 18.7. The maximum absolute atomic E-state index is 12.8. The van der Waals surface area contributed by atoms with E-state index in [0.29, 0.717) is 13.2 Å². The van der Waals surface area contributed by atoms with Crippen LogP contribution in [-0.4, -0.2) is 23.5 Å². The van der Waals surface area contributed by atoms with Crippen LogP contribution in [0.5, 0.6) is 0 Å². The number of halogens is 1. The lowest BCUT2D eigenvalue weighted by Crippen LogP contribution is -2.08. The predicted molar refractivity (Wildman–Crippen MR) is 38.5 cm³/mol. The molecule has 0 aliphatic heterocycles. The fraction of sp³-hybridized carbons (Fsp3) is 0.500. The first-order chi connectivity index (χ1) is 5.25. The standard InChI is InChI=1S/C6H10FN3O/c1-11-3-2-10-6(7)5(8)4-9-10/h4H,2-3,8H2,1H3. The Bertz CT molecular complexity index is 236. The molecule has 11 heavy (non-hydrogen) atoms. The molecule has 1 aromatic rings. The zero-order valence-corrected chi connectivity index (χ0v) is 6.25. The summed E-state index contributed by atoms with van der Waals surface area (Å²) in [6.07, 6.45) is 1.28. The molecule has 1 heterocycles. The number of hydrogen-bond donors (Lipinski definition) is 1. The number of anilines is 1. The Morgan fingerprint density at radius 2 is 2.55 bits per heavy atom. The van der Waals surface area contributed by atoms with Crippen molar-refractivity contribution < 1.29 is 9.13 Å². The molecule has 0 radical (unpaired) electrons. The molecule has 0 unspecified atom stereocenters. The van der Waals surface area contributed by atoms with E-state index in [1.165, 1.54) is 10.9 Å². The summed E-state index contributed by atoms with van der Waals surface area (Å²) in [4.78, 5) is 0. The summed E-state index contributed by atoms with van der Waals surface area (Å²) in [5.74, 6) is -0.498. The Kier molecular flexibility index (Phi) is 2.43. The molecule has 0 bridgehead atoms. The van der Waals surface area contributed by atoms with Crippen LogP contribution in [0.3, 0.4) is 0 Å². The van der Waals surface area contributed by atoms with Crippen LogP contribution < -0.4 is 5.73 Å². The molecule has 0 amide bonds. The van der Waals surface area contributed by atoms with Gasteiger partial charge in [0.2, 0.25) is 5.95 Å². The largest absolute Gasteiger partial charge is 0.394 e. The molecule has 0 spiro atoms. The lowest BCUT2D eigenvalue weighted by molar-refractivity contribution is 0.178. The molecular weight excluding hydrogens is 149 g/mol. The van der Waals surface area contributed by atoms with E-state index in [9.17, 15) is 4.39 Å². The quantitative estimate of drug-likeness (QED) is 0.687. The number of nitrogens with two attached hydrogens (primary N) is 1. The van der Waals surface area contributed by atoms with Gasteiger partial charge in [-0.2, -0.15) is 9.49 Å². The van der Waals surface area contributed by atoms with Crippen molar-refractivity contribution in [3.63, 3.8) is 0 Å². The summed E-state index contributed by atoms with van der Waals surface area (Å²) >= 11 is 0. The topological polar surface area (TPSA) is 53.1 Å². The Balaban J connectivity index is 2.63. The van der Waals surface area contributed by atoms with Gasteiger partial charge in [-0.05, 0) is 0 Å². The second-order valence-electron chi connectivity index (χ2n) is 2.11. The molecule has 62 valence electrons. The third kappa shape index (κ3) is 1.68. The van der Waals surface area contributed by atoms with Gasteiger partial charge >= 0.3 is 0 Å². The second kappa shape index (κ2) is 3.34. The van der Waals surface area contributed by atoms with E-state index in [0.717, 1.165) is 0 Å². The number of nitrogen functional groups attached to an aromatic ring is 1. The maximum Gasteiger partial charge on any atom is 0.234 e. The Hall–Kier alpha value is -1.10. The van der Waals surface area contributed by atoms with Crippen LogP contribution >= 0.6 is 0 Å². The first-order valence-electron chi connectivity index (χ1n) is 3.21. The summed E-state index contributed by atoms with van der Waals surface area (Å²) in [6.45, 7) is 0.817. The minimum absolute atomic E-state index is 0.0705. The molecule has 0 atom stereocenters. The molecule has 0 fully saturated rings. The second-order valence-corrected chi connectivity index (χ2v) is 2.11. The fourth-order valence-corrected chi connectivity index (χ4v) is 0.719. The number of methoxy groups -OCH3 is 1. The first-order valence-corrected chi connectivity index (χ1v) is 3.21. The van der Waals surface area contributed by atoms with Gasteiger partial charge in [0.15, 0.2) is 0 Å². The molecule has 0 saturated heterocycles. The average molecular weight is 159 g/mol. The number of aromatic nitrogens is 2. The number of rotatable bonds is 3. The van der Waals surface area contributed by atoms with Crippen molar-refractivity contribution in [2.45, 2.75) is 6.54 Å². The van der Waals surface area contributed by atoms with Gasteiger partial charge < -0.3 is 10.5 Å². The number of nitrogens with zero attached hydrogens (tertiary/aromatic N) is 2. The first kappa shape index (κ1) is 8.00. The van der Waals surface area contributed by atoms with Crippen LogP contribution in [0.15, 0.2) is 6.20 Å². The highest BCUT2D eigenvalue weighted by atomic mass is 19.1. The summed E-state index contributed by atoms with van der Waals surface area (Å²) in [6, 6.07) is 0. The lowest BCUT2D eigenvalue weighted by atomic mass is 10.6. The Morgan fingerprint density at radius 3 is 3.00 bits per heavy atom. The van der Waals surface area contributed by atoms with Gasteiger partial charge in [-0.3, -0.25) is 0 Å². The van der Waals surface area contributed by atoms with Crippen molar-refractivity contribution >= 4 is 5.69 Å². The number of hydrogen-bond acceptors (Lipinski definition) is 3. The van der Waals surface area contributed by atoms with E-state index < -0.39 is 5.95 Å². The van der Waals surface area contributed by atoms with Gasteiger partial charge in [0.1, 0.15) is 5.69 Å². The van der Waals surface area contributed by atoms with Crippen LogP contribution in [-0.2, 0) is 11.3 Å². The highest BCUT2D eigenvalue weighted by Crippen LogP contribution is 2.06. The van der Waals surface area contributed by atoms with Gasteiger partial charge in [-0.15, -0.1) is 0 Å². The molecule has 5 heteroatoms. The molecule has 1 aromatic heterocycles. The maximum atomic E-state index is 12.8. The molecular formula is C6H10FN3O. The fourth-order valence-electron chi connectivity index (χ4n) is 0.719. The van der Waals surface area contributed by atoms with Gasteiger partial charge in [0.05, 0.1) is 19.3 Å². The highest BCUT2D eigenvalue weighted by Gasteiger charge is 2.05. The number of ether oxygens (including phenoxy) is 1. The lowest BCUT2D eigenvalue weighted by Gasteiger charge is -1.99. The molecule has 0 aliphatic rings. The van der Waals surface area contributed by atoms with Crippen molar-refractivity contribution in [2.24, 2.45) is 0 Å². The SMILES string of the molecule is COCCn1ncc(N)c1F. The third-order valence-electron chi connectivity index (χ3n) is 1.31. The van der Waals surface area contributed by atoms with E-state index in [-0.39, 0.29) is 5.69 Å². The average Bonchev–Trinajstić information content (AvgIpc) is 2.31. The Morgan fingerprint density at radius 1 is 1.82 bits per heavy atom. The molecule has 1 rings (SSSR count). The van der Waals surface area contributed by atoms with Crippen LogP contribution in [0.1, 0.15) is 0 Å². The summed E-state index contributed by atoms with van der Waals surface area (Å²) in [5, 5.41) is 3.69. The van der Waals surface area contributed by atoms with Crippen molar-refractivity contribution in [1.82, 2.24) is 9.78 Å². The molecule has 0 aromatic carbocycles. The van der Waals surface area contributed by atoms with Crippen molar-refractivity contribution in [1.29, 1.82) is 0 Å². The minimum Gasteiger partial charge on any atom is -0.394 e. The van der Waals surface area contributed by atoms with Crippen LogP contribution in [0, 0.1) is 5.95 Å². The minimum atomic E-state index is -0.498. The van der Waals surface area contributed by atoms with E-state index in [2.05, 4.69) is 5.10 Å². The predicted octanol–water partition coefficient (Wildman–Crippen LogP) is 0.251. The zero-order chi connectivity index (χ0) is 8.27. The van der Waals surface area contributed by atoms with E-state index >= 15 is 0 Å². The monoisotopic (exact) mass is 159 g/mol. The third-order valence-corrected chi connectivity index (χ3v) is 1.31. The normalized spacial score (nSPS) is 10.4. The van der Waals surface area contributed by atoms with Gasteiger partial charge in [-0.1, -0.05) is 0 Å². The highest BCUT2D eigenvalue weighted by molar-refractivity contribution is 5.32. The van der Waals surface area contributed by atoms with Gasteiger partial charge in [0.25, 0.3) is 0 Å². The molecule has 4 nitrogen and oxygen atoms in total. The van der Waals surface area contributed by atoms with E-state index in [4.69, 9.17) is 10.5 Å². The molecule has 0 saturated carbocycles. The van der Waals surface area contributed by atoms with Gasteiger partial charge in [0, 0.05) is 7.11 Å². The summed E-state index contributed by atoms with van der Waals surface area (Å²) in [7, 11) is 1.55. The summed E-state index contributed by atoms with van der Waals surface area (Å²) in [5.41, 5.74) is 5.28. The van der Waals surface area contributed by atoms with E-state index in [1.54, 1.807) is 7.11 Å². The van der Waals surface area contributed by atoms with Crippen LogP contribution in [0.25, 0.3) is 0 Å². The van der Waals surface area contributed by atoms with Crippen LogP contribution in [0.4, 0.5) is 10.1 Å². The van der Waals surface area contributed by atoms with Crippen molar-refractivity contribution in [2.75, 3.05) is 19.5 Å². The van der Waals surface area contributed by atoms with Gasteiger partial charge in [-0.25, -0.2) is 4.68 Å². The van der Waals surface area contributed by atoms with Crippen LogP contribution in [0.2, 0.25) is 0 Å². The Labute approximate surface area is 63.8 Å². The zero-order valence-electron chi connectivity index (χ0n) is 6.25. The van der Waals surface area contributed by atoms with E-state index in [1.807, 2.05) is 0 Å². The smallest absolute Gasteiger partial charge is 0.234 e. The molecule has 0 aliphatic carbocycles. The van der Waals surface area contributed by atoms with Crippen molar-refractivity contribution in [3.8, 4) is 0 Å². The van der Waals surface area contributed by atoms with Crippen molar-refractivity contribution in [3.05, 3.63) is 12.1 Å².